The van der Waals surface area contributed by atoms with Crippen LogP contribution in [0.3, 0.4) is 0 Å². The van der Waals surface area contributed by atoms with E-state index in [0.717, 1.165) is 12.1 Å². The van der Waals surface area contributed by atoms with Crippen molar-refractivity contribution in [2.75, 3.05) is 0 Å². The van der Waals surface area contributed by atoms with Crippen LogP contribution in [0.5, 0.6) is 11.5 Å². The minimum atomic E-state index is -0.728. The highest BCUT2D eigenvalue weighted by Gasteiger charge is 2.13. The normalized spacial score (nSPS) is 9.94. The van der Waals surface area contributed by atoms with E-state index in [-0.39, 0.29) is 5.56 Å². The highest BCUT2D eigenvalue weighted by atomic mass is 19.1. The van der Waals surface area contributed by atoms with Crippen LogP contribution in [0.1, 0.15) is 10.4 Å². The summed E-state index contributed by atoms with van der Waals surface area (Å²) < 4.78 is 17.7. The third-order valence-corrected chi connectivity index (χ3v) is 2.13. The third-order valence-electron chi connectivity index (χ3n) is 2.13. The Morgan fingerprint density at radius 3 is 2.47 bits per heavy atom. The number of hydrogen-bond donors (Lipinski definition) is 1. The lowest BCUT2D eigenvalue weighted by atomic mass is 10.2. The molecular weight excluding hydrogens is 223 g/mol. The van der Waals surface area contributed by atoms with Gasteiger partial charge >= 0.3 is 5.97 Å². The Morgan fingerprint density at radius 1 is 1.12 bits per heavy atom. The molecule has 0 radical (unpaired) electrons. The van der Waals surface area contributed by atoms with Crippen LogP contribution in [0, 0.1) is 5.82 Å². The van der Waals surface area contributed by atoms with Gasteiger partial charge in [-0.1, -0.05) is 18.2 Å². The third kappa shape index (κ3) is 2.60. The van der Waals surface area contributed by atoms with E-state index in [9.17, 15) is 14.3 Å². The SMILES string of the molecule is O=C(Oc1ccccc1)c1ccc(F)cc1O. The molecule has 17 heavy (non-hydrogen) atoms. The largest absolute Gasteiger partial charge is 0.507 e. The summed E-state index contributed by atoms with van der Waals surface area (Å²) in [5, 5.41) is 9.40. The quantitative estimate of drug-likeness (QED) is 0.639. The van der Waals surface area contributed by atoms with E-state index in [2.05, 4.69) is 0 Å². The van der Waals surface area contributed by atoms with Crippen LogP contribution in [-0.2, 0) is 0 Å². The Balaban J connectivity index is 2.21. The second-order valence-electron chi connectivity index (χ2n) is 3.36. The molecule has 2 aromatic carbocycles. The molecule has 0 spiro atoms. The summed E-state index contributed by atoms with van der Waals surface area (Å²) in [5.41, 5.74) is -0.0738. The van der Waals surface area contributed by atoms with Crippen LogP contribution in [0.2, 0.25) is 0 Å². The van der Waals surface area contributed by atoms with Gasteiger partial charge in [0, 0.05) is 6.07 Å². The number of halogens is 1. The number of esters is 1. The molecule has 2 rings (SSSR count). The minimum Gasteiger partial charge on any atom is -0.507 e. The molecule has 0 unspecified atom stereocenters. The fraction of sp³-hybridized carbons (Fsp3) is 0. The summed E-state index contributed by atoms with van der Waals surface area (Å²) in [7, 11) is 0. The molecule has 0 aliphatic heterocycles. The fourth-order valence-electron chi connectivity index (χ4n) is 1.33. The predicted molar refractivity (Wildman–Crippen MR) is 59.5 cm³/mol. The molecule has 86 valence electrons. The van der Waals surface area contributed by atoms with Crippen molar-refractivity contribution in [1.82, 2.24) is 0 Å². The number of phenolic OH excluding ortho intramolecular Hbond substituents is 1. The number of hydrogen-bond acceptors (Lipinski definition) is 3. The van der Waals surface area contributed by atoms with Gasteiger partial charge in [0.2, 0.25) is 0 Å². The summed E-state index contributed by atoms with van der Waals surface area (Å²) in [5.74, 6) is -1.42. The number of para-hydroxylation sites is 1. The Morgan fingerprint density at radius 2 is 1.82 bits per heavy atom. The van der Waals surface area contributed by atoms with E-state index in [1.54, 1.807) is 30.3 Å². The van der Waals surface area contributed by atoms with E-state index in [1.807, 2.05) is 0 Å². The summed E-state index contributed by atoms with van der Waals surface area (Å²) in [6.45, 7) is 0. The maximum Gasteiger partial charge on any atom is 0.347 e. The van der Waals surface area contributed by atoms with Gasteiger partial charge in [-0.15, -0.1) is 0 Å². The fourth-order valence-corrected chi connectivity index (χ4v) is 1.33. The van der Waals surface area contributed by atoms with Crippen LogP contribution >= 0.6 is 0 Å². The maximum absolute atomic E-state index is 12.7. The zero-order valence-electron chi connectivity index (χ0n) is 8.76. The molecule has 0 saturated carbocycles. The van der Waals surface area contributed by atoms with Crippen molar-refractivity contribution in [2.45, 2.75) is 0 Å². The van der Waals surface area contributed by atoms with Gasteiger partial charge in [0.25, 0.3) is 0 Å². The lowest BCUT2D eigenvalue weighted by Gasteiger charge is -2.05. The molecule has 0 saturated heterocycles. The first-order valence-electron chi connectivity index (χ1n) is 4.92. The summed E-state index contributed by atoms with van der Waals surface area (Å²) in [6.07, 6.45) is 0. The average Bonchev–Trinajstić information content (AvgIpc) is 2.30. The molecular formula is C13H9FO3. The Bertz CT molecular complexity index is 538. The molecule has 0 aliphatic carbocycles. The molecule has 2 aromatic rings. The smallest absolute Gasteiger partial charge is 0.347 e. The molecule has 4 heteroatoms. The number of ether oxygens (including phenoxy) is 1. The van der Waals surface area contributed by atoms with E-state index in [0.29, 0.717) is 5.75 Å². The highest BCUT2D eigenvalue weighted by molar-refractivity contribution is 5.93. The lowest BCUT2D eigenvalue weighted by Crippen LogP contribution is -2.08. The van der Waals surface area contributed by atoms with Crippen molar-refractivity contribution in [3.8, 4) is 11.5 Å². The van der Waals surface area contributed by atoms with Crippen molar-refractivity contribution in [3.63, 3.8) is 0 Å². The summed E-state index contributed by atoms with van der Waals surface area (Å²) in [6, 6.07) is 11.6. The Hall–Kier alpha value is -2.36. The van der Waals surface area contributed by atoms with Crippen LogP contribution in [-0.4, -0.2) is 11.1 Å². The van der Waals surface area contributed by atoms with Gasteiger partial charge in [-0.05, 0) is 24.3 Å². The van der Waals surface area contributed by atoms with Crippen LogP contribution in [0.15, 0.2) is 48.5 Å². The number of carbonyl (C=O) groups is 1. The average molecular weight is 232 g/mol. The van der Waals surface area contributed by atoms with Gasteiger partial charge in [0.1, 0.15) is 22.9 Å². The first-order valence-corrected chi connectivity index (χ1v) is 4.92. The van der Waals surface area contributed by atoms with Crippen molar-refractivity contribution in [3.05, 3.63) is 59.9 Å². The van der Waals surface area contributed by atoms with Gasteiger partial charge in [0.05, 0.1) is 0 Å². The standard InChI is InChI=1S/C13H9FO3/c14-9-6-7-11(12(15)8-9)13(16)17-10-4-2-1-3-5-10/h1-8,15H. The van der Waals surface area contributed by atoms with Crippen LogP contribution in [0.25, 0.3) is 0 Å². The van der Waals surface area contributed by atoms with Gasteiger partial charge < -0.3 is 9.84 Å². The molecule has 0 aliphatic rings. The molecule has 0 aromatic heterocycles. The summed E-state index contributed by atoms with van der Waals surface area (Å²) >= 11 is 0. The number of aromatic hydroxyl groups is 1. The molecule has 0 atom stereocenters. The zero-order chi connectivity index (χ0) is 12.3. The Kier molecular flexibility index (Phi) is 3.05. The van der Waals surface area contributed by atoms with Crippen LogP contribution < -0.4 is 4.74 Å². The van der Waals surface area contributed by atoms with E-state index in [1.165, 1.54) is 6.07 Å². The van der Waals surface area contributed by atoms with Crippen LogP contribution in [0.4, 0.5) is 4.39 Å². The summed E-state index contributed by atoms with van der Waals surface area (Å²) in [4.78, 5) is 11.6. The van der Waals surface area contributed by atoms with Gasteiger partial charge in [-0.2, -0.15) is 0 Å². The van der Waals surface area contributed by atoms with E-state index in [4.69, 9.17) is 4.74 Å². The minimum absolute atomic E-state index is 0.0738. The van der Waals surface area contributed by atoms with E-state index >= 15 is 0 Å². The molecule has 0 bridgehead atoms. The monoisotopic (exact) mass is 232 g/mol. The van der Waals surface area contributed by atoms with Gasteiger partial charge in [-0.25, -0.2) is 9.18 Å². The van der Waals surface area contributed by atoms with Crippen molar-refractivity contribution in [2.24, 2.45) is 0 Å². The Labute approximate surface area is 97.1 Å². The van der Waals surface area contributed by atoms with E-state index < -0.39 is 17.5 Å². The van der Waals surface area contributed by atoms with Crippen molar-refractivity contribution >= 4 is 5.97 Å². The van der Waals surface area contributed by atoms with Gasteiger partial charge in [-0.3, -0.25) is 0 Å². The number of rotatable bonds is 2. The molecule has 0 amide bonds. The lowest BCUT2D eigenvalue weighted by molar-refractivity contribution is 0.0731. The van der Waals surface area contributed by atoms with Crippen molar-refractivity contribution in [1.29, 1.82) is 0 Å². The topological polar surface area (TPSA) is 46.5 Å². The number of carbonyl (C=O) groups excluding carboxylic acids is 1. The second-order valence-corrected chi connectivity index (χ2v) is 3.36. The zero-order valence-corrected chi connectivity index (χ0v) is 8.76. The second kappa shape index (κ2) is 4.65. The first-order chi connectivity index (χ1) is 8.16. The molecule has 0 heterocycles. The number of phenols is 1. The first kappa shape index (κ1) is 11.1. The molecule has 0 fully saturated rings. The van der Waals surface area contributed by atoms with Gasteiger partial charge in [0.15, 0.2) is 0 Å². The van der Waals surface area contributed by atoms with Crippen molar-refractivity contribution < 1.29 is 19.0 Å². The predicted octanol–water partition coefficient (Wildman–Crippen LogP) is 2.75. The molecule has 3 nitrogen and oxygen atoms in total. The highest BCUT2D eigenvalue weighted by Crippen LogP contribution is 2.20. The maximum atomic E-state index is 12.7. The number of benzene rings is 2. The molecule has 1 N–H and O–H groups in total.